The van der Waals surface area contributed by atoms with Gasteiger partial charge in [0.15, 0.2) is 0 Å². The van der Waals surface area contributed by atoms with Crippen LogP contribution in [0.4, 0.5) is 0 Å². The maximum Gasteiger partial charge on any atom is 0.119 e. The number of rotatable bonds is 10. The summed E-state index contributed by atoms with van der Waals surface area (Å²) in [6, 6.07) is 7.58. The normalized spacial score (nSPS) is 12.4. The molecule has 0 bridgehead atoms. The zero-order chi connectivity index (χ0) is 13.9. The van der Waals surface area contributed by atoms with Gasteiger partial charge >= 0.3 is 0 Å². The van der Waals surface area contributed by atoms with Crippen LogP contribution in [-0.4, -0.2) is 38.6 Å². The first-order valence-electron chi connectivity index (χ1n) is 6.75. The number of hydrogen-bond donors (Lipinski definition) is 1. The largest absolute Gasteiger partial charge is 0.494 e. The predicted octanol–water partition coefficient (Wildman–Crippen LogP) is 2.56. The van der Waals surface area contributed by atoms with Gasteiger partial charge in [0.2, 0.25) is 0 Å². The van der Waals surface area contributed by atoms with Gasteiger partial charge in [-0.15, -0.1) is 0 Å². The standard InChI is InChI=1S/C15H24O4/c1-3-15(16)13-5-7-14(8-6-13)19-10-4-9-18-12-11-17-2/h5-8,15-16H,3-4,9-12H2,1-2H3/t15-/m1/s1. The molecule has 108 valence electrons. The molecule has 0 fully saturated rings. The highest BCUT2D eigenvalue weighted by atomic mass is 16.5. The fourth-order valence-corrected chi connectivity index (χ4v) is 1.62. The summed E-state index contributed by atoms with van der Waals surface area (Å²) in [5.41, 5.74) is 0.928. The molecule has 0 aromatic heterocycles. The second kappa shape index (κ2) is 9.78. The SMILES string of the molecule is CC[C@@H](O)c1ccc(OCCCOCCOC)cc1. The summed E-state index contributed by atoms with van der Waals surface area (Å²) in [5, 5.41) is 9.67. The lowest BCUT2D eigenvalue weighted by atomic mass is 10.1. The van der Waals surface area contributed by atoms with E-state index >= 15 is 0 Å². The first-order valence-corrected chi connectivity index (χ1v) is 6.75. The fourth-order valence-electron chi connectivity index (χ4n) is 1.62. The number of methoxy groups -OCH3 is 1. The molecule has 0 saturated carbocycles. The summed E-state index contributed by atoms with van der Waals surface area (Å²) in [4.78, 5) is 0. The summed E-state index contributed by atoms with van der Waals surface area (Å²) in [6.45, 7) is 4.51. The molecule has 19 heavy (non-hydrogen) atoms. The lowest BCUT2D eigenvalue weighted by molar-refractivity contribution is 0.0644. The van der Waals surface area contributed by atoms with Crippen LogP contribution in [0.1, 0.15) is 31.4 Å². The van der Waals surface area contributed by atoms with E-state index in [0.717, 1.165) is 24.2 Å². The first-order chi connectivity index (χ1) is 9.27. The van der Waals surface area contributed by atoms with Gasteiger partial charge in [-0.05, 0) is 24.1 Å². The van der Waals surface area contributed by atoms with Gasteiger partial charge in [-0.2, -0.15) is 0 Å². The lowest BCUT2D eigenvalue weighted by Gasteiger charge is -2.10. The molecule has 0 saturated heterocycles. The molecule has 0 radical (unpaired) electrons. The zero-order valence-electron chi connectivity index (χ0n) is 11.8. The highest BCUT2D eigenvalue weighted by Gasteiger charge is 2.04. The first kappa shape index (κ1) is 16.0. The van der Waals surface area contributed by atoms with E-state index in [2.05, 4.69) is 0 Å². The van der Waals surface area contributed by atoms with E-state index < -0.39 is 0 Å². The molecule has 1 atom stereocenters. The number of ether oxygens (including phenoxy) is 3. The molecule has 1 aromatic rings. The monoisotopic (exact) mass is 268 g/mol. The minimum Gasteiger partial charge on any atom is -0.494 e. The van der Waals surface area contributed by atoms with Gasteiger partial charge in [-0.3, -0.25) is 0 Å². The maximum absolute atomic E-state index is 9.67. The minimum absolute atomic E-state index is 0.386. The smallest absolute Gasteiger partial charge is 0.119 e. The highest BCUT2D eigenvalue weighted by Crippen LogP contribution is 2.19. The summed E-state index contributed by atoms with van der Waals surface area (Å²) < 4.78 is 15.8. The van der Waals surface area contributed by atoms with Gasteiger partial charge in [-0.25, -0.2) is 0 Å². The molecule has 4 heteroatoms. The van der Waals surface area contributed by atoms with Gasteiger partial charge in [0.25, 0.3) is 0 Å². The maximum atomic E-state index is 9.67. The van der Waals surface area contributed by atoms with Crippen LogP contribution in [0.5, 0.6) is 5.75 Å². The molecule has 0 aliphatic heterocycles. The van der Waals surface area contributed by atoms with E-state index in [-0.39, 0.29) is 6.10 Å². The molecule has 0 heterocycles. The average molecular weight is 268 g/mol. The van der Waals surface area contributed by atoms with Crippen molar-refractivity contribution in [1.29, 1.82) is 0 Å². The van der Waals surface area contributed by atoms with Crippen LogP contribution >= 0.6 is 0 Å². The van der Waals surface area contributed by atoms with Crippen molar-refractivity contribution < 1.29 is 19.3 Å². The molecular weight excluding hydrogens is 244 g/mol. The molecule has 0 unspecified atom stereocenters. The molecule has 0 spiro atoms. The third kappa shape index (κ3) is 6.57. The lowest BCUT2D eigenvalue weighted by Crippen LogP contribution is -2.06. The Bertz CT molecular complexity index is 323. The van der Waals surface area contributed by atoms with Crippen LogP contribution < -0.4 is 4.74 Å². The van der Waals surface area contributed by atoms with Gasteiger partial charge in [0, 0.05) is 20.1 Å². The Morgan fingerprint density at radius 2 is 1.79 bits per heavy atom. The van der Waals surface area contributed by atoms with Gasteiger partial charge in [-0.1, -0.05) is 19.1 Å². The molecule has 0 aliphatic carbocycles. The zero-order valence-corrected chi connectivity index (χ0v) is 11.8. The van der Waals surface area contributed by atoms with Crippen molar-refractivity contribution >= 4 is 0 Å². The van der Waals surface area contributed by atoms with E-state index in [1.54, 1.807) is 7.11 Å². The Morgan fingerprint density at radius 1 is 1.05 bits per heavy atom. The van der Waals surface area contributed by atoms with Crippen molar-refractivity contribution in [3.8, 4) is 5.75 Å². The van der Waals surface area contributed by atoms with Crippen LogP contribution in [0.3, 0.4) is 0 Å². The molecule has 0 amide bonds. The average Bonchev–Trinajstić information content (AvgIpc) is 2.46. The second-order valence-electron chi connectivity index (χ2n) is 4.30. The molecule has 1 aromatic carbocycles. The number of hydrogen-bond acceptors (Lipinski definition) is 4. The Labute approximate surface area is 115 Å². The van der Waals surface area contributed by atoms with Crippen molar-refractivity contribution in [2.45, 2.75) is 25.9 Å². The van der Waals surface area contributed by atoms with Gasteiger partial charge < -0.3 is 19.3 Å². The molecule has 0 aliphatic rings. The predicted molar refractivity (Wildman–Crippen MR) is 74.5 cm³/mol. The summed E-state index contributed by atoms with van der Waals surface area (Å²) in [7, 11) is 1.66. The number of aliphatic hydroxyl groups is 1. The second-order valence-corrected chi connectivity index (χ2v) is 4.30. The van der Waals surface area contributed by atoms with Gasteiger partial charge in [0.1, 0.15) is 5.75 Å². The van der Waals surface area contributed by atoms with Crippen molar-refractivity contribution in [2.75, 3.05) is 33.5 Å². The third-order valence-electron chi connectivity index (χ3n) is 2.79. The molecule has 1 N–H and O–H groups in total. The Morgan fingerprint density at radius 3 is 2.42 bits per heavy atom. The van der Waals surface area contributed by atoms with Crippen molar-refractivity contribution in [3.05, 3.63) is 29.8 Å². The van der Waals surface area contributed by atoms with Crippen LogP contribution in [-0.2, 0) is 9.47 Å². The highest BCUT2D eigenvalue weighted by molar-refractivity contribution is 5.28. The van der Waals surface area contributed by atoms with Gasteiger partial charge in [0.05, 0.1) is 25.9 Å². The Kier molecular flexibility index (Phi) is 8.21. The van der Waals surface area contributed by atoms with Crippen LogP contribution in [0.25, 0.3) is 0 Å². The van der Waals surface area contributed by atoms with E-state index in [0.29, 0.717) is 26.4 Å². The molecular formula is C15H24O4. The van der Waals surface area contributed by atoms with Crippen LogP contribution in [0.2, 0.25) is 0 Å². The van der Waals surface area contributed by atoms with E-state index in [1.165, 1.54) is 0 Å². The minimum atomic E-state index is -0.386. The Balaban J connectivity index is 2.16. The quantitative estimate of drug-likeness (QED) is 0.663. The third-order valence-corrected chi connectivity index (χ3v) is 2.79. The Hall–Kier alpha value is -1.10. The molecule has 1 rings (SSSR count). The number of benzene rings is 1. The van der Waals surface area contributed by atoms with E-state index in [1.807, 2.05) is 31.2 Å². The van der Waals surface area contributed by atoms with Crippen LogP contribution in [0.15, 0.2) is 24.3 Å². The summed E-state index contributed by atoms with van der Waals surface area (Å²) in [6.07, 6.45) is 1.19. The van der Waals surface area contributed by atoms with E-state index in [9.17, 15) is 5.11 Å². The van der Waals surface area contributed by atoms with Crippen molar-refractivity contribution in [3.63, 3.8) is 0 Å². The molecule has 4 nitrogen and oxygen atoms in total. The fraction of sp³-hybridized carbons (Fsp3) is 0.600. The summed E-state index contributed by atoms with van der Waals surface area (Å²) >= 11 is 0. The van der Waals surface area contributed by atoms with Crippen molar-refractivity contribution in [1.82, 2.24) is 0 Å². The van der Waals surface area contributed by atoms with E-state index in [4.69, 9.17) is 14.2 Å². The van der Waals surface area contributed by atoms with Crippen molar-refractivity contribution in [2.24, 2.45) is 0 Å². The summed E-state index contributed by atoms with van der Waals surface area (Å²) in [5.74, 6) is 0.823. The van der Waals surface area contributed by atoms with Crippen LogP contribution in [0, 0.1) is 0 Å². The topological polar surface area (TPSA) is 47.9 Å². The number of aliphatic hydroxyl groups excluding tert-OH is 1.